The lowest BCUT2D eigenvalue weighted by Crippen LogP contribution is -2.20. The van der Waals surface area contributed by atoms with Gasteiger partial charge in [-0.15, -0.1) is 0 Å². The second-order valence-electron chi connectivity index (χ2n) is 4.13. The van der Waals surface area contributed by atoms with E-state index in [-0.39, 0.29) is 11.9 Å². The van der Waals surface area contributed by atoms with Gasteiger partial charge >= 0.3 is 6.03 Å². The standard InChI is InChI=1S/C12H18N4O2/c1-8(13)5-6-11(17)15-9-3-2-4-10(7-9)16-12(14)18/h2-4,7-8H,5-6,13H2,1H3,(H,15,17)(H3,14,16,18). The summed E-state index contributed by atoms with van der Waals surface area (Å²) in [5, 5.41) is 5.16. The molecule has 1 atom stereocenters. The van der Waals surface area contributed by atoms with Crippen molar-refractivity contribution >= 4 is 23.3 Å². The number of anilines is 2. The first kappa shape index (κ1) is 14.0. The Balaban J connectivity index is 2.56. The van der Waals surface area contributed by atoms with Crippen LogP contribution in [0.3, 0.4) is 0 Å². The van der Waals surface area contributed by atoms with E-state index < -0.39 is 6.03 Å². The van der Waals surface area contributed by atoms with Crippen LogP contribution in [0.2, 0.25) is 0 Å². The molecule has 6 heteroatoms. The van der Waals surface area contributed by atoms with Gasteiger partial charge in [0, 0.05) is 23.8 Å². The van der Waals surface area contributed by atoms with Crippen LogP contribution in [0.25, 0.3) is 0 Å². The number of hydrogen-bond acceptors (Lipinski definition) is 3. The summed E-state index contributed by atoms with van der Waals surface area (Å²) in [7, 11) is 0. The average Bonchev–Trinajstić information content (AvgIpc) is 2.26. The smallest absolute Gasteiger partial charge is 0.316 e. The lowest BCUT2D eigenvalue weighted by molar-refractivity contribution is -0.116. The summed E-state index contributed by atoms with van der Waals surface area (Å²) in [6.07, 6.45) is 0.996. The van der Waals surface area contributed by atoms with Crippen molar-refractivity contribution in [1.29, 1.82) is 0 Å². The van der Waals surface area contributed by atoms with Gasteiger partial charge in [-0.3, -0.25) is 4.79 Å². The van der Waals surface area contributed by atoms with Crippen LogP contribution in [-0.4, -0.2) is 18.0 Å². The minimum absolute atomic E-state index is 0.00128. The zero-order valence-corrected chi connectivity index (χ0v) is 10.3. The first-order chi connectivity index (χ1) is 8.47. The molecule has 98 valence electrons. The SMILES string of the molecule is CC(N)CCC(=O)Nc1cccc(NC(N)=O)c1. The molecule has 1 unspecified atom stereocenters. The number of nitrogens with two attached hydrogens (primary N) is 2. The molecule has 18 heavy (non-hydrogen) atoms. The lowest BCUT2D eigenvalue weighted by Gasteiger charge is -2.08. The Labute approximate surface area is 106 Å². The van der Waals surface area contributed by atoms with E-state index in [9.17, 15) is 9.59 Å². The van der Waals surface area contributed by atoms with Crippen molar-refractivity contribution in [2.75, 3.05) is 10.6 Å². The maximum absolute atomic E-state index is 11.6. The van der Waals surface area contributed by atoms with Gasteiger partial charge in [-0.2, -0.15) is 0 Å². The Morgan fingerprint density at radius 3 is 2.44 bits per heavy atom. The van der Waals surface area contributed by atoms with Crippen LogP contribution >= 0.6 is 0 Å². The summed E-state index contributed by atoms with van der Waals surface area (Å²) in [6.45, 7) is 1.85. The van der Waals surface area contributed by atoms with Crippen molar-refractivity contribution in [3.8, 4) is 0 Å². The molecule has 1 rings (SSSR count). The Morgan fingerprint density at radius 2 is 1.89 bits per heavy atom. The molecule has 0 saturated heterocycles. The van der Waals surface area contributed by atoms with Gasteiger partial charge in [0.25, 0.3) is 0 Å². The number of benzene rings is 1. The molecule has 6 nitrogen and oxygen atoms in total. The van der Waals surface area contributed by atoms with E-state index in [2.05, 4.69) is 10.6 Å². The van der Waals surface area contributed by atoms with E-state index in [0.717, 1.165) is 0 Å². The van der Waals surface area contributed by atoms with Crippen molar-refractivity contribution in [3.63, 3.8) is 0 Å². The normalized spacial score (nSPS) is 11.7. The quantitative estimate of drug-likeness (QED) is 0.631. The van der Waals surface area contributed by atoms with Gasteiger partial charge in [-0.05, 0) is 31.5 Å². The molecular weight excluding hydrogens is 232 g/mol. The first-order valence-corrected chi connectivity index (χ1v) is 5.69. The molecule has 0 aliphatic rings. The molecule has 0 saturated carbocycles. The molecule has 0 aliphatic carbocycles. The molecule has 0 radical (unpaired) electrons. The maximum Gasteiger partial charge on any atom is 0.316 e. The number of carbonyl (C=O) groups excluding carboxylic acids is 2. The number of hydrogen-bond donors (Lipinski definition) is 4. The topological polar surface area (TPSA) is 110 Å². The van der Waals surface area contributed by atoms with Crippen LogP contribution in [0, 0.1) is 0 Å². The van der Waals surface area contributed by atoms with Crippen molar-refractivity contribution in [3.05, 3.63) is 24.3 Å². The van der Waals surface area contributed by atoms with Gasteiger partial charge in [-0.1, -0.05) is 6.07 Å². The van der Waals surface area contributed by atoms with Crippen LogP contribution < -0.4 is 22.1 Å². The summed E-state index contributed by atoms with van der Waals surface area (Å²) in [4.78, 5) is 22.3. The van der Waals surface area contributed by atoms with Crippen LogP contribution in [0.5, 0.6) is 0 Å². The van der Waals surface area contributed by atoms with Gasteiger partial charge in [0.15, 0.2) is 0 Å². The fourth-order valence-electron chi connectivity index (χ4n) is 1.40. The van der Waals surface area contributed by atoms with Gasteiger partial charge in [-0.25, -0.2) is 4.79 Å². The third-order valence-electron chi connectivity index (χ3n) is 2.24. The Hall–Kier alpha value is -2.08. The second kappa shape index (κ2) is 6.61. The van der Waals surface area contributed by atoms with Crippen LogP contribution in [0.15, 0.2) is 24.3 Å². The highest BCUT2D eigenvalue weighted by atomic mass is 16.2. The molecule has 0 fully saturated rings. The highest BCUT2D eigenvalue weighted by molar-refractivity contribution is 5.93. The molecule has 0 aromatic heterocycles. The summed E-state index contributed by atoms with van der Waals surface area (Å²) in [5.41, 5.74) is 11.7. The minimum Gasteiger partial charge on any atom is -0.351 e. The predicted molar refractivity (Wildman–Crippen MR) is 71.2 cm³/mol. The van der Waals surface area contributed by atoms with Crippen molar-refractivity contribution in [1.82, 2.24) is 0 Å². The lowest BCUT2D eigenvalue weighted by atomic mass is 10.2. The molecular formula is C12H18N4O2. The number of rotatable bonds is 5. The Morgan fingerprint density at radius 1 is 1.28 bits per heavy atom. The molecule has 0 spiro atoms. The summed E-state index contributed by atoms with van der Waals surface area (Å²) >= 11 is 0. The largest absolute Gasteiger partial charge is 0.351 e. The third kappa shape index (κ3) is 5.31. The van der Waals surface area contributed by atoms with Crippen LogP contribution in [-0.2, 0) is 4.79 Å². The van der Waals surface area contributed by atoms with E-state index in [0.29, 0.717) is 24.2 Å². The number of amides is 3. The summed E-state index contributed by atoms with van der Waals surface area (Å²) in [6, 6.07) is 6.12. The van der Waals surface area contributed by atoms with Crippen molar-refractivity contribution in [2.45, 2.75) is 25.8 Å². The van der Waals surface area contributed by atoms with E-state index in [4.69, 9.17) is 11.5 Å². The zero-order chi connectivity index (χ0) is 13.5. The molecule has 0 heterocycles. The number of carbonyl (C=O) groups is 2. The zero-order valence-electron chi connectivity index (χ0n) is 10.3. The second-order valence-corrected chi connectivity index (χ2v) is 4.13. The van der Waals surface area contributed by atoms with E-state index in [1.54, 1.807) is 24.3 Å². The molecule has 6 N–H and O–H groups in total. The van der Waals surface area contributed by atoms with E-state index >= 15 is 0 Å². The average molecular weight is 250 g/mol. The Kier molecular flexibility index (Phi) is 5.13. The van der Waals surface area contributed by atoms with Crippen molar-refractivity contribution in [2.24, 2.45) is 11.5 Å². The highest BCUT2D eigenvalue weighted by Gasteiger charge is 2.05. The molecule has 1 aromatic rings. The summed E-state index contributed by atoms with van der Waals surface area (Å²) < 4.78 is 0. The number of urea groups is 1. The minimum atomic E-state index is -0.643. The molecule has 3 amide bonds. The molecule has 0 aliphatic heterocycles. The number of nitrogens with one attached hydrogen (secondary N) is 2. The van der Waals surface area contributed by atoms with Crippen LogP contribution in [0.1, 0.15) is 19.8 Å². The van der Waals surface area contributed by atoms with Crippen molar-refractivity contribution < 1.29 is 9.59 Å². The molecule has 1 aromatic carbocycles. The van der Waals surface area contributed by atoms with Gasteiger partial charge in [0.05, 0.1) is 0 Å². The monoisotopic (exact) mass is 250 g/mol. The van der Waals surface area contributed by atoms with E-state index in [1.165, 1.54) is 0 Å². The fraction of sp³-hybridized carbons (Fsp3) is 0.333. The summed E-state index contributed by atoms with van der Waals surface area (Å²) in [5.74, 6) is -0.108. The first-order valence-electron chi connectivity index (χ1n) is 5.69. The maximum atomic E-state index is 11.6. The van der Waals surface area contributed by atoms with E-state index in [1.807, 2.05) is 6.92 Å². The van der Waals surface area contributed by atoms with Gasteiger partial charge in [0.2, 0.25) is 5.91 Å². The third-order valence-corrected chi connectivity index (χ3v) is 2.24. The van der Waals surface area contributed by atoms with Gasteiger partial charge in [0.1, 0.15) is 0 Å². The van der Waals surface area contributed by atoms with Crippen LogP contribution in [0.4, 0.5) is 16.2 Å². The highest BCUT2D eigenvalue weighted by Crippen LogP contribution is 2.15. The fourth-order valence-corrected chi connectivity index (χ4v) is 1.40. The molecule has 0 bridgehead atoms. The van der Waals surface area contributed by atoms with Gasteiger partial charge < -0.3 is 22.1 Å². The Bertz CT molecular complexity index is 432. The number of primary amides is 1. The predicted octanol–water partition coefficient (Wildman–Crippen LogP) is 1.24.